The number of carbonyl (C=O) groups is 1. The minimum atomic E-state index is -0.255. The number of rotatable bonds is 3. The lowest BCUT2D eigenvalue weighted by atomic mass is 9.47. The third-order valence-electron chi connectivity index (χ3n) is 9.98. The van der Waals surface area contributed by atoms with E-state index in [4.69, 9.17) is 0 Å². The Morgan fingerprint density at radius 2 is 1.80 bits per heavy atom. The van der Waals surface area contributed by atoms with Gasteiger partial charge in [-0.2, -0.15) is 0 Å². The number of carbonyl (C=O) groups excluding carboxylic acids is 1. The van der Waals surface area contributed by atoms with E-state index >= 15 is 0 Å². The highest BCUT2D eigenvalue weighted by Gasteiger charge is 2.56. The van der Waals surface area contributed by atoms with Crippen LogP contribution < -0.4 is 5.32 Å². The fraction of sp³-hybridized carbons (Fsp3) is 0.500. The van der Waals surface area contributed by atoms with Gasteiger partial charge < -0.3 is 5.32 Å². The number of pyridine rings is 2. The number of hydrogen-bond acceptors (Lipinski definition) is 3. The van der Waals surface area contributed by atoms with Gasteiger partial charge in [0.05, 0.1) is 6.20 Å². The second-order valence-corrected chi connectivity index (χ2v) is 11.6. The summed E-state index contributed by atoms with van der Waals surface area (Å²) in [5.74, 6) is 1.67. The quantitative estimate of drug-likeness (QED) is 0.529. The van der Waals surface area contributed by atoms with Gasteiger partial charge in [0.15, 0.2) is 0 Å². The number of halogens is 1. The molecule has 1 N–H and O–H groups in total. The largest absolute Gasteiger partial charge is 0.349 e. The fourth-order valence-corrected chi connectivity index (χ4v) is 8.13. The summed E-state index contributed by atoms with van der Waals surface area (Å²) in [5.41, 5.74) is 4.79. The molecule has 0 bridgehead atoms. The molecule has 2 fully saturated rings. The number of nitrogens with zero attached hydrogens (tertiary/aromatic N) is 2. The van der Waals surface area contributed by atoms with Crippen molar-refractivity contribution in [2.45, 2.75) is 64.8 Å². The lowest BCUT2D eigenvalue weighted by molar-refractivity contribution is -0.0123. The summed E-state index contributed by atoms with van der Waals surface area (Å²) < 4.78 is 14.0. The molecule has 4 aliphatic carbocycles. The second-order valence-electron chi connectivity index (χ2n) is 11.6. The molecular formula is C30H34FN3O. The molecule has 4 aliphatic rings. The Balaban J connectivity index is 1.20. The van der Waals surface area contributed by atoms with E-state index in [-0.39, 0.29) is 28.6 Å². The van der Waals surface area contributed by atoms with Crippen LogP contribution in [-0.2, 0) is 0 Å². The molecule has 2 aromatic heterocycles. The number of fused-ring (bicyclic) bond motifs is 5. The van der Waals surface area contributed by atoms with E-state index in [2.05, 4.69) is 41.3 Å². The van der Waals surface area contributed by atoms with Crippen molar-refractivity contribution in [1.29, 1.82) is 0 Å². The first-order valence-corrected chi connectivity index (χ1v) is 13.1. The molecule has 0 radical (unpaired) electrons. The van der Waals surface area contributed by atoms with Crippen LogP contribution in [0, 0.1) is 34.4 Å². The van der Waals surface area contributed by atoms with Crippen LogP contribution >= 0.6 is 0 Å². The van der Waals surface area contributed by atoms with Gasteiger partial charge in [-0.15, -0.1) is 0 Å². The van der Waals surface area contributed by atoms with Crippen LogP contribution in [0.3, 0.4) is 0 Å². The van der Waals surface area contributed by atoms with Gasteiger partial charge in [0, 0.05) is 30.2 Å². The molecule has 0 aromatic carbocycles. The maximum Gasteiger partial charge on any atom is 0.251 e. The first-order valence-electron chi connectivity index (χ1n) is 13.1. The lowest BCUT2D eigenvalue weighted by Gasteiger charge is -2.58. The molecule has 0 saturated heterocycles. The van der Waals surface area contributed by atoms with Gasteiger partial charge in [-0.05, 0) is 103 Å². The summed E-state index contributed by atoms with van der Waals surface area (Å²) in [6.45, 7) is 4.89. The monoisotopic (exact) mass is 471 g/mol. The molecule has 182 valence electrons. The van der Waals surface area contributed by atoms with Gasteiger partial charge in [0.1, 0.15) is 5.82 Å². The Morgan fingerprint density at radius 1 is 1.00 bits per heavy atom. The molecule has 6 atom stereocenters. The molecule has 2 aromatic rings. The summed E-state index contributed by atoms with van der Waals surface area (Å²) in [6.07, 6.45) is 19.0. The van der Waals surface area contributed by atoms with Crippen LogP contribution in [0.5, 0.6) is 0 Å². The summed E-state index contributed by atoms with van der Waals surface area (Å²) in [6, 6.07) is 5.39. The van der Waals surface area contributed by atoms with Crippen molar-refractivity contribution >= 4 is 11.5 Å². The summed E-state index contributed by atoms with van der Waals surface area (Å²) >= 11 is 0. The van der Waals surface area contributed by atoms with Crippen LogP contribution in [0.4, 0.5) is 4.39 Å². The van der Waals surface area contributed by atoms with Gasteiger partial charge >= 0.3 is 0 Å². The van der Waals surface area contributed by atoms with E-state index in [0.717, 1.165) is 44.1 Å². The van der Waals surface area contributed by atoms with Gasteiger partial charge in [0.25, 0.3) is 5.91 Å². The molecule has 6 rings (SSSR count). The Kier molecular flexibility index (Phi) is 5.43. The van der Waals surface area contributed by atoms with Crippen molar-refractivity contribution in [3.8, 4) is 0 Å². The fourth-order valence-electron chi connectivity index (χ4n) is 8.13. The number of nitrogens with one attached hydrogen (secondary N) is 1. The van der Waals surface area contributed by atoms with Crippen molar-refractivity contribution in [3.05, 3.63) is 77.7 Å². The number of amides is 1. The Labute approximate surface area is 207 Å². The van der Waals surface area contributed by atoms with E-state index in [0.29, 0.717) is 23.3 Å². The molecule has 1 amide bonds. The molecular weight excluding hydrogens is 437 g/mol. The Morgan fingerprint density at radius 3 is 2.60 bits per heavy atom. The maximum absolute atomic E-state index is 14.0. The molecule has 4 nitrogen and oxygen atoms in total. The number of hydrogen-bond donors (Lipinski definition) is 1. The number of allylic oxidation sites excluding steroid dienone is 3. The van der Waals surface area contributed by atoms with Gasteiger partial charge in [-0.1, -0.05) is 31.6 Å². The van der Waals surface area contributed by atoms with E-state index < -0.39 is 0 Å². The zero-order valence-electron chi connectivity index (χ0n) is 20.6. The normalized spacial score (nSPS) is 35.7. The summed E-state index contributed by atoms with van der Waals surface area (Å²) in [5, 5.41) is 3.28. The lowest BCUT2D eigenvalue weighted by Crippen LogP contribution is -2.51. The molecule has 0 unspecified atom stereocenters. The molecule has 0 aliphatic heterocycles. The first-order chi connectivity index (χ1) is 16.9. The highest BCUT2D eigenvalue weighted by Crippen LogP contribution is 2.66. The van der Waals surface area contributed by atoms with E-state index in [1.807, 2.05) is 6.20 Å². The van der Waals surface area contributed by atoms with E-state index in [1.165, 1.54) is 18.2 Å². The first kappa shape index (κ1) is 22.6. The molecule has 35 heavy (non-hydrogen) atoms. The molecule has 2 saturated carbocycles. The van der Waals surface area contributed by atoms with Gasteiger partial charge in [-0.3, -0.25) is 14.8 Å². The molecule has 0 spiro atoms. The van der Waals surface area contributed by atoms with Crippen LogP contribution in [0.1, 0.15) is 74.7 Å². The summed E-state index contributed by atoms with van der Waals surface area (Å²) in [4.78, 5) is 20.9. The van der Waals surface area contributed by atoms with E-state index in [1.54, 1.807) is 36.2 Å². The topological polar surface area (TPSA) is 54.9 Å². The zero-order valence-corrected chi connectivity index (χ0v) is 20.6. The van der Waals surface area contributed by atoms with Gasteiger partial charge in [0.2, 0.25) is 0 Å². The molecule has 5 heteroatoms. The average Bonchev–Trinajstić information content (AvgIpc) is 3.22. The van der Waals surface area contributed by atoms with Crippen molar-refractivity contribution in [1.82, 2.24) is 15.3 Å². The van der Waals surface area contributed by atoms with Crippen LogP contribution in [0.2, 0.25) is 0 Å². The predicted octanol–water partition coefficient (Wildman–Crippen LogP) is 6.37. The van der Waals surface area contributed by atoms with Crippen molar-refractivity contribution in [2.75, 3.05) is 0 Å². The predicted molar refractivity (Wildman–Crippen MR) is 135 cm³/mol. The smallest absolute Gasteiger partial charge is 0.251 e. The maximum atomic E-state index is 14.0. The van der Waals surface area contributed by atoms with Crippen molar-refractivity contribution in [3.63, 3.8) is 0 Å². The average molecular weight is 472 g/mol. The minimum Gasteiger partial charge on any atom is -0.349 e. The molecule has 2 heterocycles. The SMILES string of the molecule is C[C@]12CC[C@H](NC(=O)c3ccncc3)CC1=CC[C@@H]1[C@@H]2CC[C@]2(C)C(c3cncc(F)c3)=CC[C@@H]12. The van der Waals surface area contributed by atoms with Crippen molar-refractivity contribution < 1.29 is 9.18 Å². The summed E-state index contributed by atoms with van der Waals surface area (Å²) in [7, 11) is 0. The van der Waals surface area contributed by atoms with E-state index in [9.17, 15) is 9.18 Å². The Hall–Kier alpha value is -2.82. The van der Waals surface area contributed by atoms with Crippen molar-refractivity contribution in [2.24, 2.45) is 28.6 Å². The second kappa shape index (κ2) is 8.39. The highest BCUT2D eigenvalue weighted by molar-refractivity contribution is 5.94. The zero-order chi connectivity index (χ0) is 24.2. The van der Waals surface area contributed by atoms with Crippen LogP contribution in [0.15, 0.2) is 60.7 Å². The third kappa shape index (κ3) is 3.66. The van der Waals surface area contributed by atoms with Crippen LogP contribution in [-0.4, -0.2) is 21.9 Å². The standard InChI is InChI=1S/C30H34FN3O/c1-29-11-7-23(34-28(35)19-9-13-32-14-10-19)16-21(29)3-4-24-26-6-5-25(20-15-22(31)18-33-17-20)30(26,2)12-8-27(24)29/h3,5,9-10,13-15,17-18,23-24,26-27H,4,6-8,11-12,16H2,1-2H3,(H,34,35)/t23-,24-,26-,27-,29-,30+/m0/s1. The van der Waals surface area contributed by atoms with Crippen LogP contribution in [0.25, 0.3) is 5.57 Å². The third-order valence-corrected chi connectivity index (χ3v) is 9.98. The minimum absolute atomic E-state index is 0.000111. The van der Waals surface area contributed by atoms with Gasteiger partial charge in [-0.25, -0.2) is 4.39 Å². The highest BCUT2D eigenvalue weighted by atomic mass is 19.1. The Bertz CT molecular complexity index is 1210. The number of aromatic nitrogens is 2.